The lowest BCUT2D eigenvalue weighted by molar-refractivity contribution is -0.136. The maximum absolute atomic E-state index is 13.3. The quantitative estimate of drug-likeness (QED) is 0.459. The molecule has 2 saturated heterocycles. The first-order valence-electron chi connectivity index (χ1n) is 9.92. The molecule has 0 aromatic carbocycles. The molecule has 2 aliphatic heterocycles. The zero-order valence-electron chi connectivity index (χ0n) is 17.5. The Hall–Kier alpha value is -1.39. The predicted molar refractivity (Wildman–Crippen MR) is 113 cm³/mol. The number of hydrogen-bond donors (Lipinski definition) is 3. The number of likely N-dealkylation sites (N-methyl/N-ethyl adjacent to an activating group) is 1. The smallest absolute Gasteiger partial charge is 0.426 e. The van der Waals surface area contributed by atoms with Crippen molar-refractivity contribution >= 4 is 36.3 Å². The van der Waals surface area contributed by atoms with Gasteiger partial charge in [-0.2, -0.15) is 0 Å². The first-order valence-corrected chi connectivity index (χ1v) is 10.3. The molecular weight excluding hydrogens is 379 g/mol. The van der Waals surface area contributed by atoms with E-state index in [0.717, 1.165) is 12.8 Å². The van der Waals surface area contributed by atoms with Crippen molar-refractivity contribution in [3.63, 3.8) is 0 Å². The van der Waals surface area contributed by atoms with Crippen molar-refractivity contribution in [2.24, 2.45) is 5.41 Å². The molecule has 0 bridgehead atoms. The summed E-state index contributed by atoms with van der Waals surface area (Å²) in [7, 11) is 1.82. The second kappa shape index (κ2) is 8.96. The van der Waals surface area contributed by atoms with Crippen LogP contribution in [0.1, 0.15) is 46.5 Å². The van der Waals surface area contributed by atoms with Crippen molar-refractivity contribution in [2.45, 2.75) is 64.5 Å². The van der Waals surface area contributed by atoms with Crippen LogP contribution in [0.5, 0.6) is 0 Å². The second-order valence-corrected chi connectivity index (χ2v) is 9.20. The fourth-order valence-corrected chi connectivity index (χ4v) is 5.16. The van der Waals surface area contributed by atoms with Crippen molar-refractivity contribution in [1.29, 1.82) is 0 Å². The minimum absolute atomic E-state index is 0.135. The minimum atomic E-state index is -1.47. The molecule has 2 rings (SSSR count). The molecule has 2 aliphatic rings. The molecule has 3 atom stereocenters. The third-order valence-electron chi connectivity index (χ3n) is 5.73. The van der Waals surface area contributed by atoms with E-state index in [0.29, 0.717) is 30.9 Å². The fraction of sp³-hybridized carbons (Fsp3) is 0.833. The van der Waals surface area contributed by atoms with Gasteiger partial charge in [-0.05, 0) is 31.1 Å². The monoisotopic (exact) mass is 412 g/mol. The number of carbonyl (C=O) groups is 2. The van der Waals surface area contributed by atoms with Gasteiger partial charge in [0.1, 0.15) is 11.0 Å². The largest absolute Gasteiger partial charge is 0.475 e. The number of nitrogens with zero attached hydrogens (tertiary/aromatic N) is 3. The Morgan fingerprint density at radius 1 is 1.18 bits per heavy atom. The lowest BCUT2D eigenvalue weighted by Crippen LogP contribution is -2.60. The van der Waals surface area contributed by atoms with Crippen molar-refractivity contribution in [3.05, 3.63) is 0 Å². The number of urea groups is 1. The van der Waals surface area contributed by atoms with E-state index in [1.165, 1.54) is 0 Å². The third kappa shape index (κ3) is 4.60. The first kappa shape index (κ1) is 22.9. The number of carbonyl (C=O) groups excluding carboxylic acids is 2. The van der Waals surface area contributed by atoms with E-state index in [9.17, 15) is 19.6 Å². The van der Waals surface area contributed by atoms with Crippen LogP contribution in [0.25, 0.3) is 0 Å². The van der Waals surface area contributed by atoms with E-state index in [1.54, 1.807) is 23.9 Å². The van der Waals surface area contributed by atoms with Gasteiger partial charge in [0.25, 0.3) is 0 Å². The van der Waals surface area contributed by atoms with Gasteiger partial charge < -0.3 is 30.1 Å². The Morgan fingerprint density at radius 3 is 2.29 bits per heavy atom. The normalized spacial score (nSPS) is 23.5. The molecule has 2 fully saturated rings. The standard InChI is InChI=1S/C18H33BN4O4S/c1-18(2,3)14(16(28)23-11-7-9-13(23)19(26)27)21(5)15(24)12-8-6-10-22(12)17(25)20-4/h12-14,26-27H,6-11H2,1-5H3,(H,20,25)/t12-,13-,14+/m0/s1. The van der Waals surface area contributed by atoms with E-state index in [2.05, 4.69) is 5.32 Å². The average molecular weight is 412 g/mol. The lowest BCUT2D eigenvalue weighted by Gasteiger charge is -2.43. The lowest BCUT2D eigenvalue weighted by atomic mass is 9.77. The highest BCUT2D eigenvalue weighted by atomic mass is 32.1. The van der Waals surface area contributed by atoms with Crippen molar-refractivity contribution in [1.82, 2.24) is 20.0 Å². The van der Waals surface area contributed by atoms with Gasteiger partial charge in [0.15, 0.2) is 0 Å². The highest BCUT2D eigenvalue weighted by Crippen LogP contribution is 2.31. The Balaban J connectivity index is 2.26. The molecule has 3 N–H and O–H groups in total. The number of nitrogens with one attached hydrogen (secondary N) is 1. The molecule has 3 amide bonds. The van der Waals surface area contributed by atoms with Crippen LogP contribution in [-0.2, 0) is 4.79 Å². The highest BCUT2D eigenvalue weighted by molar-refractivity contribution is 7.80. The van der Waals surface area contributed by atoms with Crippen LogP contribution in [0.2, 0.25) is 0 Å². The van der Waals surface area contributed by atoms with Gasteiger partial charge in [0.2, 0.25) is 5.91 Å². The van der Waals surface area contributed by atoms with Crippen LogP contribution < -0.4 is 5.32 Å². The number of hydrogen-bond acceptors (Lipinski definition) is 5. The SMILES string of the molecule is CNC(=O)N1CCC[C@H]1C(=O)N(C)[C@H](C(=S)N1CCC[C@H]1B(O)O)C(C)(C)C. The first-order chi connectivity index (χ1) is 13.0. The molecule has 0 unspecified atom stereocenters. The molecule has 10 heteroatoms. The topological polar surface area (TPSA) is 96.4 Å². The molecule has 2 heterocycles. The summed E-state index contributed by atoms with van der Waals surface area (Å²) in [4.78, 5) is 31.1. The van der Waals surface area contributed by atoms with E-state index in [4.69, 9.17) is 12.2 Å². The number of likely N-dealkylation sites (tertiary alicyclic amines) is 2. The van der Waals surface area contributed by atoms with Crippen LogP contribution >= 0.6 is 12.2 Å². The van der Waals surface area contributed by atoms with Crippen LogP contribution in [0.4, 0.5) is 4.79 Å². The predicted octanol–water partition coefficient (Wildman–Crippen LogP) is 0.467. The number of thiocarbonyl (C=S) groups is 1. The summed E-state index contributed by atoms with van der Waals surface area (Å²) in [5.41, 5.74) is -0.356. The van der Waals surface area contributed by atoms with Crippen LogP contribution in [-0.4, -0.2) is 94.0 Å². The number of amides is 3. The average Bonchev–Trinajstić information content (AvgIpc) is 3.28. The van der Waals surface area contributed by atoms with Gasteiger partial charge in [0.05, 0.1) is 12.0 Å². The van der Waals surface area contributed by atoms with Crippen molar-refractivity contribution < 1.29 is 19.6 Å². The van der Waals surface area contributed by atoms with E-state index in [1.807, 2.05) is 25.7 Å². The Labute approximate surface area is 173 Å². The maximum atomic E-state index is 13.3. The molecule has 0 spiro atoms. The molecule has 0 radical (unpaired) electrons. The van der Waals surface area contributed by atoms with Crippen molar-refractivity contribution in [2.75, 3.05) is 27.2 Å². The molecular formula is C18H33BN4O4S. The molecule has 28 heavy (non-hydrogen) atoms. The summed E-state index contributed by atoms with van der Waals surface area (Å²) in [6, 6.07) is -1.15. The molecule has 0 saturated carbocycles. The van der Waals surface area contributed by atoms with E-state index < -0.39 is 25.1 Å². The zero-order chi connectivity index (χ0) is 21.2. The van der Waals surface area contributed by atoms with E-state index in [-0.39, 0.29) is 17.4 Å². The zero-order valence-corrected chi connectivity index (χ0v) is 18.3. The maximum Gasteiger partial charge on any atom is 0.475 e. The van der Waals surface area contributed by atoms with Crippen LogP contribution in [0, 0.1) is 5.41 Å². The highest BCUT2D eigenvalue weighted by Gasteiger charge is 2.45. The van der Waals surface area contributed by atoms with Gasteiger partial charge in [-0.15, -0.1) is 0 Å². The van der Waals surface area contributed by atoms with Gasteiger partial charge in [-0.3, -0.25) is 4.79 Å². The fourth-order valence-electron chi connectivity index (χ4n) is 4.42. The molecule has 0 aromatic heterocycles. The Morgan fingerprint density at radius 2 is 1.75 bits per heavy atom. The van der Waals surface area contributed by atoms with Gasteiger partial charge in [-0.25, -0.2) is 4.79 Å². The summed E-state index contributed by atoms with van der Waals surface area (Å²) in [5.74, 6) is -0.585. The molecule has 158 valence electrons. The Bertz CT molecular complexity index is 613. The van der Waals surface area contributed by atoms with E-state index >= 15 is 0 Å². The minimum Gasteiger partial charge on any atom is -0.426 e. The molecule has 8 nitrogen and oxygen atoms in total. The van der Waals surface area contributed by atoms with Crippen LogP contribution in [0.15, 0.2) is 0 Å². The van der Waals surface area contributed by atoms with Gasteiger partial charge >= 0.3 is 13.1 Å². The summed E-state index contributed by atoms with van der Waals surface area (Å²) in [6.07, 6.45) is 2.89. The molecule has 0 aromatic rings. The summed E-state index contributed by atoms with van der Waals surface area (Å²) < 4.78 is 0. The van der Waals surface area contributed by atoms with Gasteiger partial charge in [0, 0.05) is 27.2 Å². The van der Waals surface area contributed by atoms with Crippen LogP contribution in [0.3, 0.4) is 0 Å². The van der Waals surface area contributed by atoms with Crippen molar-refractivity contribution in [3.8, 4) is 0 Å². The Kier molecular flexibility index (Phi) is 7.33. The molecule has 0 aliphatic carbocycles. The summed E-state index contributed by atoms with van der Waals surface area (Å²) >= 11 is 5.77. The third-order valence-corrected chi connectivity index (χ3v) is 6.19. The summed E-state index contributed by atoms with van der Waals surface area (Å²) in [6.45, 7) is 7.24. The summed E-state index contributed by atoms with van der Waals surface area (Å²) in [5, 5.41) is 22.0. The second-order valence-electron chi connectivity index (χ2n) is 8.78. The number of rotatable bonds is 4. The van der Waals surface area contributed by atoms with Gasteiger partial charge in [-0.1, -0.05) is 33.0 Å².